The van der Waals surface area contributed by atoms with Gasteiger partial charge in [-0.2, -0.15) is 0 Å². The van der Waals surface area contributed by atoms with Crippen LogP contribution in [-0.4, -0.2) is 4.57 Å². The van der Waals surface area contributed by atoms with Crippen LogP contribution in [0.1, 0.15) is 13.3 Å². The van der Waals surface area contributed by atoms with Gasteiger partial charge >= 0.3 is 5.76 Å². The minimum atomic E-state index is -0.632. The van der Waals surface area contributed by atoms with Crippen molar-refractivity contribution < 1.29 is 4.42 Å². The van der Waals surface area contributed by atoms with Crippen LogP contribution in [0.2, 0.25) is 0 Å². The maximum absolute atomic E-state index is 11.9. The second kappa shape index (κ2) is 6.00. The van der Waals surface area contributed by atoms with Crippen molar-refractivity contribution in [2.24, 2.45) is 0 Å². The highest BCUT2D eigenvalue weighted by atomic mass is 16.4. The summed E-state index contributed by atoms with van der Waals surface area (Å²) in [5.74, 6) is -0.335. The lowest BCUT2D eigenvalue weighted by atomic mass is 10.2. The number of hydrogen-bond donors (Lipinski definition) is 0. The van der Waals surface area contributed by atoms with E-state index in [9.17, 15) is 9.59 Å². The minimum Gasteiger partial charge on any atom is -0.409 e. The van der Waals surface area contributed by atoms with E-state index < -0.39 is 5.76 Å². The summed E-state index contributed by atoms with van der Waals surface area (Å²) in [6, 6.07) is 10.4. The van der Waals surface area contributed by atoms with E-state index in [1.54, 1.807) is 18.2 Å². The minimum absolute atomic E-state index is 0.240. The number of aromatic nitrogens is 1. The molecule has 1 heterocycles. The molecule has 0 fully saturated rings. The number of allylic oxidation sites excluding steroid dienone is 2. The standard InChI is InChI=1S/C15H15NO3/c1-2-3-7-10-16-14(17)11-13(19-15(16)18)12-8-5-4-6-9-12/h3-9,11H,2,10H2,1H3/b7-3+. The van der Waals surface area contributed by atoms with E-state index in [0.717, 1.165) is 11.0 Å². The summed E-state index contributed by atoms with van der Waals surface area (Å²) >= 11 is 0. The van der Waals surface area contributed by atoms with Gasteiger partial charge in [-0.25, -0.2) is 9.36 Å². The molecule has 0 atom stereocenters. The lowest BCUT2D eigenvalue weighted by Gasteiger charge is -2.02. The summed E-state index contributed by atoms with van der Waals surface area (Å²) in [7, 11) is 0. The molecule has 0 radical (unpaired) electrons. The number of rotatable bonds is 4. The van der Waals surface area contributed by atoms with Crippen LogP contribution in [0.4, 0.5) is 0 Å². The van der Waals surface area contributed by atoms with Crippen LogP contribution in [0.15, 0.2) is 62.6 Å². The van der Waals surface area contributed by atoms with Crippen molar-refractivity contribution in [1.82, 2.24) is 4.57 Å². The molecule has 0 spiro atoms. The maximum atomic E-state index is 11.9. The molecule has 0 bridgehead atoms. The molecule has 0 aliphatic carbocycles. The third-order valence-electron chi connectivity index (χ3n) is 2.69. The first-order valence-electron chi connectivity index (χ1n) is 6.17. The molecule has 19 heavy (non-hydrogen) atoms. The van der Waals surface area contributed by atoms with Crippen molar-refractivity contribution in [3.05, 3.63) is 69.5 Å². The highest BCUT2D eigenvalue weighted by Crippen LogP contribution is 2.14. The van der Waals surface area contributed by atoms with E-state index in [-0.39, 0.29) is 12.1 Å². The average Bonchev–Trinajstić information content (AvgIpc) is 2.43. The first kappa shape index (κ1) is 13.1. The molecule has 0 unspecified atom stereocenters. The predicted molar refractivity (Wildman–Crippen MR) is 74.1 cm³/mol. The lowest BCUT2D eigenvalue weighted by Crippen LogP contribution is -2.31. The van der Waals surface area contributed by atoms with Crippen molar-refractivity contribution in [3.63, 3.8) is 0 Å². The highest BCUT2D eigenvalue weighted by molar-refractivity contribution is 5.55. The third kappa shape index (κ3) is 3.10. The van der Waals surface area contributed by atoms with Crippen LogP contribution in [0, 0.1) is 0 Å². The zero-order chi connectivity index (χ0) is 13.7. The molecule has 1 aromatic heterocycles. The number of benzene rings is 1. The van der Waals surface area contributed by atoms with Crippen molar-refractivity contribution >= 4 is 0 Å². The van der Waals surface area contributed by atoms with Crippen LogP contribution < -0.4 is 11.3 Å². The van der Waals surface area contributed by atoms with Gasteiger partial charge in [0.15, 0.2) is 0 Å². The summed E-state index contributed by atoms with van der Waals surface area (Å²) in [5.41, 5.74) is 0.365. The Bertz CT molecular complexity index is 649. The highest BCUT2D eigenvalue weighted by Gasteiger charge is 2.07. The SMILES string of the molecule is CC/C=C/Cn1c(=O)cc(-c2ccccc2)oc1=O. The maximum Gasteiger partial charge on any atom is 0.422 e. The summed E-state index contributed by atoms with van der Waals surface area (Å²) in [5, 5.41) is 0. The van der Waals surface area contributed by atoms with Crippen molar-refractivity contribution in [1.29, 1.82) is 0 Å². The van der Waals surface area contributed by atoms with Crippen LogP contribution >= 0.6 is 0 Å². The van der Waals surface area contributed by atoms with Gasteiger partial charge < -0.3 is 4.42 Å². The van der Waals surface area contributed by atoms with Crippen LogP contribution in [0.3, 0.4) is 0 Å². The molecular formula is C15H15NO3. The van der Waals surface area contributed by atoms with Crippen LogP contribution in [0.5, 0.6) is 0 Å². The molecule has 4 heteroatoms. The van der Waals surface area contributed by atoms with Gasteiger partial charge in [-0.1, -0.05) is 49.4 Å². The fourth-order valence-corrected chi connectivity index (χ4v) is 1.71. The van der Waals surface area contributed by atoms with Gasteiger partial charge in [0.25, 0.3) is 5.56 Å². The molecule has 4 nitrogen and oxygen atoms in total. The van der Waals surface area contributed by atoms with E-state index in [1.807, 2.05) is 31.2 Å². The molecule has 0 aliphatic rings. The third-order valence-corrected chi connectivity index (χ3v) is 2.69. The zero-order valence-corrected chi connectivity index (χ0v) is 10.7. The summed E-state index contributed by atoms with van der Waals surface area (Å²) < 4.78 is 6.25. The van der Waals surface area contributed by atoms with Gasteiger partial charge in [-0.15, -0.1) is 0 Å². The predicted octanol–water partition coefficient (Wildman–Crippen LogP) is 2.43. The molecule has 0 saturated heterocycles. The normalized spacial score (nSPS) is 11.0. The van der Waals surface area contributed by atoms with Gasteiger partial charge in [-0.05, 0) is 6.42 Å². The molecule has 0 N–H and O–H groups in total. The molecule has 2 rings (SSSR count). The molecular weight excluding hydrogens is 242 g/mol. The van der Waals surface area contributed by atoms with Gasteiger partial charge in [-0.3, -0.25) is 4.79 Å². The fraction of sp³-hybridized carbons (Fsp3) is 0.200. The van der Waals surface area contributed by atoms with Crippen LogP contribution in [0.25, 0.3) is 11.3 Å². The summed E-state index contributed by atoms with van der Waals surface area (Å²) in [4.78, 5) is 23.7. The Morgan fingerprint density at radius 3 is 2.53 bits per heavy atom. The molecule has 0 saturated carbocycles. The molecule has 0 aliphatic heterocycles. The number of hydrogen-bond acceptors (Lipinski definition) is 3. The first-order chi connectivity index (χ1) is 9.22. The van der Waals surface area contributed by atoms with E-state index in [4.69, 9.17) is 4.42 Å². The average molecular weight is 257 g/mol. The second-order valence-electron chi connectivity index (χ2n) is 4.07. The second-order valence-corrected chi connectivity index (χ2v) is 4.07. The number of nitrogens with zero attached hydrogens (tertiary/aromatic N) is 1. The van der Waals surface area contributed by atoms with E-state index in [1.165, 1.54) is 6.07 Å². The van der Waals surface area contributed by atoms with Gasteiger partial charge in [0.05, 0.1) is 6.54 Å². The Kier molecular flexibility index (Phi) is 4.13. The summed E-state index contributed by atoms with van der Waals surface area (Å²) in [6.07, 6.45) is 4.54. The Morgan fingerprint density at radius 2 is 1.89 bits per heavy atom. The smallest absolute Gasteiger partial charge is 0.409 e. The largest absolute Gasteiger partial charge is 0.422 e. The van der Waals surface area contributed by atoms with Gasteiger partial charge in [0.2, 0.25) is 0 Å². The quantitative estimate of drug-likeness (QED) is 0.790. The topological polar surface area (TPSA) is 52.2 Å². The van der Waals surface area contributed by atoms with E-state index >= 15 is 0 Å². The van der Waals surface area contributed by atoms with Crippen molar-refractivity contribution in [2.45, 2.75) is 19.9 Å². The van der Waals surface area contributed by atoms with Crippen LogP contribution in [-0.2, 0) is 6.54 Å². The Balaban J connectivity index is 2.40. The first-order valence-corrected chi connectivity index (χ1v) is 6.17. The zero-order valence-electron chi connectivity index (χ0n) is 10.7. The molecule has 1 aromatic carbocycles. The Hall–Kier alpha value is -2.36. The van der Waals surface area contributed by atoms with Crippen molar-refractivity contribution in [2.75, 3.05) is 0 Å². The Morgan fingerprint density at radius 1 is 1.16 bits per heavy atom. The van der Waals surface area contributed by atoms with E-state index in [2.05, 4.69) is 0 Å². The van der Waals surface area contributed by atoms with E-state index in [0.29, 0.717) is 11.3 Å². The monoisotopic (exact) mass is 257 g/mol. The van der Waals surface area contributed by atoms with Gasteiger partial charge in [0.1, 0.15) is 5.76 Å². The lowest BCUT2D eigenvalue weighted by molar-refractivity contribution is 0.445. The molecule has 0 amide bonds. The van der Waals surface area contributed by atoms with Crippen molar-refractivity contribution in [3.8, 4) is 11.3 Å². The summed E-state index contributed by atoms with van der Waals surface area (Å²) in [6.45, 7) is 2.23. The Labute approximate surface area is 110 Å². The fourth-order valence-electron chi connectivity index (χ4n) is 1.71. The van der Waals surface area contributed by atoms with Gasteiger partial charge in [0, 0.05) is 11.6 Å². The molecule has 2 aromatic rings. The molecule has 98 valence electrons.